The normalized spacial score (nSPS) is 14.7. The van der Waals surface area contributed by atoms with E-state index in [0.717, 1.165) is 46.4 Å². The minimum absolute atomic E-state index is 0.561. The first-order chi connectivity index (χ1) is 17.0. The molecule has 10 nitrogen and oxygen atoms in total. The Labute approximate surface area is 209 Å². The summed E-state index contributed by atoms with van der Waals surface area (Å²) >= 11 is 1.47. The van der Waals surface area contributed by atoms with Crippen molar-refractivity contribution < 1.29 is 13.7 Å². The number of thiazole rings is 1. The lowest BCUT2D eigenvalue weighted by molar-refractivity contribution is 0.122. The highest BCUT2D eigenvalue weighted by molar-refractivity contribution is 7.82. The first-order valence-electron chi connectivity index (χ1n) is 10.9. The van der Waals surface area contributed by atoms with Crippen LogP contribution >= 0.6 is 11.3 Å². The molecule has 4 aromatic rings. The van der Waals surface area contributed by atoms with E-state index >= 15 is 0 Å². The Morgan fingerprint density at radius 2 is 1.94 bits per heavy atom. The van der Waals surface area contributed by atoms with E-state index in [-0.39, 0.29) is 0 Å². The Morgan fingerprint density at radius 3 is 2.66 bits per heavy atom. The number of fused-ring (bicyclic) bond motifs is 1. The summed E-state index contributed by atoms with van der Waals surface area (Å²) in [6, 6.07) is 13.2. The molecule has 35 heavy (non-hydrogen) atoms. The maximum Gasteiger partial charge on any atom is 0.189 e. The maximum absolute atomic E-state index is 11.4. The molecular formula is C23H25N7O3S2. The van der Waals surface area contributed by atoms with Gasteiger partial charge in [-0.1, -0.05) is 11.3 Å². The van der Waals surface area contributed by atoms with Gasteiger partial charge in [-0.15, -0.1) is 0 Å². The van der Waals surface area contributed by atoms with Crippen LogP contribution in [-0.2, 0) is 15.7 Å². The summed E-state index contributed by atoms with van der Waals surface area (Å²) in [7, 11) is 2.15. The molecule has 12 heteroatoms. The maximum atomic E-state index is 11.4. The van der Waals surface area contributed by atoms with E-state index in [0.29, 0.717) is 28.9 Å². The molecule has 2 aromatic carbocycles. The molecule has 1 fully saturated rings. The second-order valence-corrected chi connectivity index (χ2v) is 9.90. The smallest absolute Gasteiger partial charge is 0.189 e. The number of methoxy groups -OCH3 is 1. The van der Waals surface area contributed by atoms with Gasteiger partial charge in [0.05, 0.1) is 30.9 Å². The summed E-state index contributed by atoms with van der Waals surface area (Å²) in [6.07, 6.45) is 1.52. The van der Waals surface area contributed by atoms with E-state index in [2.05, 4.69) is 31.2 Å². The molecule has 1 unspecified atom stereocenters. The zero-order chi connectivity index (χ0) is 24.4. The molecule has 0 amide bonds. The number of nitrogens with two attached hydrogens (primary N) is 1. The van der Waals surface area contributed by atoms with E-state index in [4.69, 9.17) is 14.6 Å². The van der Waals surface area contributed by atoms with E-state index < -0.39 is 11.0 Å². The topological polar surface area (TPSA) is 119 Å². The van der Waals surface area contributed by atoms with Crippen LogP contribution in [0.15, 0.2) is 53.7 Å². The van der Waals surface area contributed by atoms with E-state index in [1.807, 2.05) is 36.2 Å². The standard InChI is InChI=1S/C23H25N7O3S2/c1-29(16-5-8-19(32-2)18(13-16)30-9-11-33-12-10-30)22-20-21(25-14-26-22)28-23(34-20)27-15-3-6-17(7-4-15)35(24)31/h3-8,13-14H,9-12,24H2,1-2H3,(H,25,26,27,28). The molecule has 1 aliphatic rings. The van der Waals surface area contributed by atoms with Crippen LogP contribution in [-0.4, -0.2) is 59.6 Å². The van der Waals surface area contributed by atoms with Gasteiger partial charge in [0.15, 0.2) is 16.6 Å². The van der Waals surface area contributed by atoms with Gasteiger partial charge in [-0.2, -0.15) is 4.98 Å². The van der Waals surface area contributed by atoms with Crippen LogP contribution in [0.1, 0.15) is 0 Å². The van der Waals surface area contributed by atoms with Gasteiger partial charge in [-0.25, -0.2) is 19.3 Å². The highest BCUT2D eigenvalue weighted by Crippen LogP contribution is 2.38. The molecule has 0 radical (unpaired) electrons. The third-order valence-electron chi connectivity index (χ3n) is 5.73. The molecule has 2 aromatic heterocycles. The Bertz CT molecular complexity index is 1360. The molecule has 0 aliphatic carbocycles. The predicted molar refractivity (Wildman–Crippen MR) is 140 cm³/mol. The number of nitrogens with one attached hydrogen (secondary N) is 1. The first kappa shape index (κ1) is 23.4. The van der Waals surface area contributed by atoms with Crippen molar-refractivity contribution in [2.24, 2.45) is 5.14 Å². The van der Waals surface area contributed by atoms with Crippen molar-refractivity contribution in [3.05, 3.63) is 48.8 Å². The minimum Gasteiger partial charge on any atom is -0.495 e. The van der Waals surface area contributed by atoms with Crippen LogP contribution in [0.2, 0.25) is 0 Å². The van der Waals surface area contributed by atoms with Crippen molar-refractivity contribution >= 4 is 60.7 Å². The van der Waals surface area contributed by atoms with E-state index in [9.17, 15) is 4.21 Å². The molecule has 0 bridgehead atoms. The van der Waals surface area contributed by atoms with Crippen LogP contribution in [0.4, 0.5) is 28.0 Å². The molecule has 0 saturated carbocycles. The Balaban J connectivity index is 1.44. The minimum atomic E-state index is -1.51. The predicted octanol–water partition coefficient (Wildman–Crippen LogP) is 3.42. The van der Waals surface area contributed by atoms with Crippen LogP contribution in [0.3, 0.4) is 0 Å². The number of hydrogen-bond acceptors (Lipinski definition) is 10. The number of rotatable bonds is 7. The van der Waals surface area contributed by atoms with Crippen molar-refractivity contribution in [2.75, 3.05) is 55.6 Å². The van der Waals surface area contributed by atoms with Gasteiger partial charge in [-0.3, -0.25) is 0 Å². The fourth-order valence-electron chi connectivity index (χ4n) is 3.89. The summed E-state index contributed by atoms with van der Waals surface area (Å²) in [5.74, 6) is 1.58. The van der Waals surface area contributed by atoms with Gasteiger partial charge in [0.1, 0.15) is 27.8 Å². The third-order valence-corrected chi connectivity index (χ3v) is 7.42. The molecule has 1 aliphatic heterocycles. The van der Waals surface area contributed by atoms with Crippen LogP contribution in [0.25, 0.3) is 10.3 Å². The van der Waals surface area contributed by atoms with Crippen LogP contribution in [0.5, 0.6) is 5.75 Å². The highest BCUT2D eigenvalue weighted by Gasteiger charge is 2.20. The van der Waals surface area contributed by atoms with Gasteiger partial charge in [-0.05, 0) is 42.5 Å². The first-order valence-corrected chi connectivity index (χ1v) is 13.0. The van der Waals surface area contributed by atoms with Gasteiger partial charge >= 0.3 is 0 Å². The van der Waals surface area contributed by atoms with Crippen LogP contribution in [0, 0.1) is 0 Å². The zero-order valence-corrected chi connectivity index (χ0v) is 20.9. The van der Waals surface area contributed by atoms with Gasteiger partial charge < -0.3 is 24.6 Å². The number of benzene rings is 2. The summed E-state index contributed by atoms with van der Waals surface area (Å²) in [6.45, 7) is 3.01. The van der Waals surface area contributed by atoms with Crippen molar-refractivity contribution in [2.45, 2.75) is 4.90 Å². The lowest BCUT2D eigenvalue weighted by Crippen LogP contribution is -2.36. The average molecular weight is 512 g/mol. The second-order valence-electron chi connectivity index (χ2n) is 7.83. The van der Waals surface area contributed by atoms with Crippen molar-refractivity contribution in [3.8, 4) is 5.75 Å². The van der Waals surface area contributed by atoms with Gasteiger partial charge in [0.25, 0.3) is 0 Å². The van der Waals surface area contributed by atoms with Gasteiger partial charge in [0.2, 0.25) is 0 Å². The summed E-state index contributed by atoms with van der Waals surface area (Å²) in [4.78, 5) is 18.4. The Morgan fingerprint density at radius 1 is 1.17 bits per heavy atom. The Hall–Kier alpha value is -3.32. The number of anilines is 5. The molecule has 5 rings (SSSR count). The molecule has 182 valence electrons. The SMILES string of the molecule is COc1ccc(N(C)c2ncnc3nc(Nc4ccc(S(N)=O)cc4)sc23)cc1N1CCOCC1. The number of aromatic nitrogens is 3. The van der Waals surface area contributed by atoms with E-state index in [1.165, 1.54) is 17.7 Å². The van der Waals surface area contributed by atoms with Gasteiger partial charge in [0, 0.05) is 31.5 Å². The van der Waals surface area contributed by atoms with Crippen molar-refractivity contribution in [3.63, 3.8) is 0 Å². The third kappa shape index (κ3) is 4.91. The molecule has 0 spiro atoms. The van der Waals surface area contributed by atoms with Crippen molar-refractivity contribution in [1.29, 1.82) is 0 Å². The molecule has 1 saturated heterocycles. The lowest BCUT2D eigenvalue weighted by Gasteiger charge is -2.31. The molecule has 1 atom stereocenters. The number of morpholine rings is 1. The summed E-state index contributed by atoms with van der Waals surface area (Å²) in [5, 5.41) is 9.39. The van der Waals surface area contributed by atoms with E-state index in [1.54, 1.807) is 19.2 Å². The lowest BCUT2D eigenvalue weighted by atomic mass is 10.2. The Kier molecular flexibility index (Phi) is 6.77. The zero-order valence-electron chi connectivity index (χ0n) is 19.3. The fraction of sp³-hybridized carbons (Fsp3) is 0.261. The van der Waals surface area contributed by atoms with Crippen molar-refractivity contribution in [1.82, 2.24) is 15.0 Å². The average Bonchev–Trinajstić information content (AvgIpc) is 3.31. The monoisotopic (exact) mass is 511 g/mol. The second kappa shape index (κ2) is 10.1. The highest BCUT2D eigenvalue weighted by atomic mass is 32.2. The fourth-order valence-corrected chi connectivity index (χ4v) is 5.26. The summed E-state index contributed by atoms with van der Waals surface area (Å²) in [5.41, 5.74) is 3.42. The molecular weight excluding hydrogens is 486 g/mol. The largest absolute Gasteiger partial charge is 0.495 e. The molecule has 3 heterocycles. The number of nitrogens with zero attached hydrogens (tertiary/aromatic N) is 5. The van der Waals surface area contributed by atoms with Crippen LogP contribution < -0.4 is 25.0 Å². The number of hydrogen-bond donors (Lipinski definition) is 2. The molecule has 3 N–H and O–H groups in total. The quantitative estimate of drug-likeness (QED) is 0.385. The summed E-state index contributed by atoms with van der Waals surface area (Å²) < 4.78 is 23.4. The number of ether oxygens (including phenoxy) is 2.